The third-order valence-electron chi connectivity index (χ3n) is 3.05. The summed E-state index contributed by atoms with van der Waals surface area (Å²) >= 11 is 0. The standard InChI is InChI=1S/C13H15N5O/c1-7-8(2)17-18-13(11(7)5-14)15-6-12-16-9(3)10(4)19-12/h6H2,1-4H3,(H,15,18). The molecule has 6 nitrogen and oxygen atoms in total. The summed E-state index contributed by atoms with van der Waals surface area (Å²) in [5.74, 6) is 1.82. The number of nitrogens with one attached hydrogen (secondary N) is 1. The molecule has 98 valence electrons. The fourth-order valence-electron chi connectivity index (χ4n) is 1.64. The number of rotatable bonds is 3. The number of nitriles is 1. The van der Waals surface area contributed by atoms with Gasteiger partial charge in [0.2, 0.25) is 5.89 Å². The van der Waals surface area contributed by atoms with Crippen LogP contribution in [0.5, 0.6) is 0 Å². The van der Waals surface area contributed by atoms with Crippen LogP contribution >= 0.6 is 0 Å². The normalized spacial score (nSPS) is 10.3. The zero-order chi connectivity index (χ0) is 14.0. The maximum Gasteiger partial charge on any atom is 0.213 e. The number of aromatic nitrogens is 3. The molecule has 0 saturated heterocycles. The average molecular weight is 257 g/mol. The van der Waals surface area contributed by atoms with Gasteiger partial charge in [-0.2, -0.15) is 10.4 Å². The fourth-order valence-corrected chi connectivity index (χ4v) is 1.64. The zero-order valence-electron chi connectivity index (χ0n) is 11.4. The molecule has 0 aromatic carbocycles. The second kappa shape index (κ2) is 5.06. The van der Waals surface area contributed by atoms with Crippen LogP contribution in [-0.2, 0) is 6.54 Å². The highest BCUT2D eigenvalue weighted by Crippen LogP contribution is 2.18. The van der Waals surface area contributed by atoms with Gasteiger partial charge in [-0.3, -0.25) is 0 Å². The van der Waals surface area contributed by atoms with E-state index in [-0.39, 0.29) is 0 Å². The molecule has 2 rings (SSSR count). The van der Waals surface area contributed by atoms with Gasteiger partial charge in [-0.25, -0.2) is 4.98 Å². The first kappa shape index (κ1) is 13.0. The number of hydrogen-bond donors (Lipinski definition) is 1. The predicted molar refractivity (Wildman–Crippen MR) is 69.5 cm³/mol. The van der Waals surface area contributed by atoms with Crippen molar-refractivity contribution in [3.05, 3.63) is 34.2 Å². The molecule has 0 spiro atoms. The van der Waals surface area contributed by atoms with E-state index in [1.165, 1.54) is 0 Å². The van der Waals surface area contributed by atoms with Crippen molar-refractivity contribution in [2.24, 2.45) is 0 Å². The van der Waals surface area contributed by atoms with Gasteiger partial charge >= 0.3 is 0 Å². The number of anilines is 1. The quantitative estimate of drug-likeness (QED) is 0.906. The Kier molecular flexibility index (Phi) is 3.47. The van der Waals surface area contributed by atoms with Crippen LogP contribution in [0.2, 0.25) is 0 Å². The first-order valence-corrected chi connectivity index (χ1v) is 5.93. The topological polar surface area (TPSA) is 87.6 Å². The molecule has 2 aromatic rings. The molecule has 0 amide bonds. The lowest BCUT2D eigenvalue weighted by molar-refractivity contribution is 0.478. The van der Waals surface area contributed by atoms with E-state index >= 15 is 0 Å². The van der Waals surface area contributed by atoms with Gasteiger partial charge < -0.3 is 9.73 Å². The summed E-state index contributed by atoms with van der Waals surface area (Å²) < 4.78 is 5.46. The summed E-state index contributed by atoms with van der Waals surface area (Å²) in [6, 6.07) is 2.14. The Hall–Kier alpha value is -2.42. The van der Waals surface area contributed by atoms with Crippen molar-refractivity contribution < 1.29 is 4.42 Å². The van der Waals surface area contributed by atoms with Gasteiger partial charge in [0.1, 0.15) is 17.4 Å². The zero-order valence-corrected chi connectivity index (χ0v) is 11.4. The van der Waals surface area contributed by atoms with Crippen molar-refractivity contribution in [3.8, 4) is 6.07 Å². The molecule has 0 radical (unpaired) electrons. The minimum absolute atomic E-state index is 0.376. The highest BCUT2D eigenvalue weighted by atomic mass is 16.4. The molecule has 0 aliphatic heterocycles. The minimum atomic E-state index is 0.376. The average Bonchev–Trinajstić information content (AvgIpc) is 2.70. The van der Waals surface area contributed by atoms with E-state index in [1.807, 2.05) is 27.7 Å². The largest absolute Gasteiger partial charge is 0.444 e. The van der Waals surface area contributed by atoms with Gasteiger partial charge in [0, 0.05) is 0 Å². The molecule has 0 bridgehead atoms. The van der Waals surface area contributed by atoms with Gasteiger partial charge in [-0.05, 0) is 33.3 Å². The van der Waals surface area contributed by atoms with E-state index in [0.29, 0.717) is 23.8 Å². The highest BCUT2D eigenvalue weighted by Gasteiger charge is 2.12. The predicted octanol–water partition coefficient (Wildman–Crippen LogP) is 2.18. The van der Waals surface area contributed by atoms with Crippen molar-refractivity contribution in [1.82, 2.24) is 15.2 Å². The lowest BCUT2D eigenvalue weighted by atomic mass is 10.1. The summed E-state index contributed by atoms with van der Waals surface area (Å²) in [5.41, 5.74) is 2.96. The van der Waals surface area contributed by atoms with Gasteiger partial charge in [-0.15, -0.1) is 5.10 Å². The Morgan fingerprint density at radius 2 is 1.89 bits per heavy atom. The fraction of sp³-hybridized carbons (Fsp3) is 0.385. The van der Waals surface area contributed by atoms with Crippen molar-refractivity contribution in [2.45, 2.75) is 34.2 Å². The summed E-state index contributed by atoms with van der Waals surface area (Å²) in [5, 5.41) is 20.2. The molecule has 0 atom stereocenters. The summed E-state index contributed by atoms with van der Waals surface area (Å²) in [6.45, 7) is 7.81. The molecule has 0 aliphatic carbocycles. The summed E-state index contributed by atoms with van der Waals surface area (Å²) in [6.07, 6.45) is 0. The van der Waals surface area contributed by atoms with Crippen LogP contribution in [0.25, 0.3) is 0 Å². The lowest BCUT2D eigenvalue weighted by Gasteiger charge is -2.07. The second-order valence-electron chi connectivity index (χ2n) is 4.35. The third-order valence-corrected chi connectivity index (χ3v) is 3.05. The van der Waals surface area contributed by atoms with E-state index in [4.69, 9.17) is 4.42 Å². The van der Waals surface area contributed by atoms with Gasteiger partial charge in [0.05, 0.1) is 17.9 Å². The molecule has 6 heteroatoms. The Morgan fingerprint density at radius 1 is 1.16 bits per heavy atom. The summed E-state index contributed by atoms with van der Waals surface area (Å²) in [7, 11) is 0. The Morgan fingerprint density at radius 3 is 2.47 bits per heavy atom. The smallest absolute Gasteiger partial charge is 0.213 e. The monoisotopic (exact) mass is 257 g/mol. The first-order chi connectivity index (χ1) is 9.02. The molecule has 0 unspecified atom stereocenters. The Bertz CT molecular complexity index is 634. The van der Waals surface area contributed by atoms with E-state index in [9.17, 15) is 5.26 Å². The maximum atomic E-state index is 9.17. The number of nitrogens with zero attached hydrogens (tertiary/aromatic N) is 4. The molecule has 0 aliphatic rings. The van der Waals surface area contributed by atoms with E-state index in [2.05, 4.69) is 26.6 Å². The van der Waals surface area contributed by atoms with Crippen LogP contribution in [0.1, 0.15) is 34.2 Å². The van der Waals surface area contributed by atoms with Crippen LogP contribution in [0, 0.1) is 39.0 Å². The van der Waals surface area contributed by atoms with Crippen LogP contribution in [0.15, 0.2) is 4.42 Å². The molecule has 19 heavy (non-hydrogen) atoms. The third kappa shape index (κ3) is 2.55. The minimum Gasteiger partial charge on any atom is -0.444 e. The molecule has 0 saturated carbocycles. The maximum absolute atomic E-state index is 9.17. The molecule has 2 heterocycles. The Labute approximate surface area is 111 Å². The highest BCUT2D eigenvalue weighted by molar-refractivity contribution is 5.55. The number of hydrogen-bond acceptors (Lipinski definition) is 6. The van der Waals surface area contributed by atoms with Crippen molar-refractivity contribution >= 4 is 5.82 Å². The molecule has 2 aromatic heterocycles. The Balaban J connectivity index is 2.21. The lowest BCUT2D eigenvalue weighted by Crippen LogP contribution is -2.07. The van der Waals surface area contributed by atoms with Crippen LogP contribution in [0.4, 0.5) is 5.82 Å². The van der Waals surface area contributed by atoms with Gasteiger partial charge in [0.25, 0.3) is 0 Å². The van der Waals surface area contributed by atoms with Crippen LogP contribution < -0.4 is 5.32 Å². The summed E-state index contributed by atoms with van der Waals surface area (Å²) in [4.78, 5) is 4.26. The molecular formula is C13H15N5O. The molecule has 0 fully saturated rings. The van der Waals surface area contributed by atoms with Crippen molar-refractivity contribution in [3.63, 3.8) is 0 Å². The molecular weight excluding hydrogens is 242 g/mol. The van der Waals surface area contributed by atoms with Gasteiger partial charge in [0.15, 0.2) is 5.82 Å². The van der Waals surface area contributed by atoms with E-state index < -0.39 is 0 Å². The van der Waals surface area contributed by atoms with Crippen molar-refractivity contribution in [2.75, 3.05) is 5.32 Å². The number of oxazole rings is 1. The second-order valence-corrected chi connectivity index (χ2v) is 4.35. The van der Waals surface area contributed by atoms with Crippen LogP contribution in [-0.4, -0.2) is 15.2 Å². The van der Waals surface area contributed by atoms with E-state index in [1.54, 1.807) is 0 Å². The van der Waals surface area contributed by atoms with Crippen LogP contribution in [0.3, 0.4) is 0 Å². The molecule has 1 N–H and O–H groups in total. The number of aryl methyl sites for hydroxylation is 3. The first-order valence-electron chi connectivity index (χ1n) is 5.93. The van der Waals surface area contributed by atoms with E-state index in [0.717, 1.165) is 22.7 Å². The van der Waals surface area contributed by atoms with Crippen molar-refractivity contribution in [1.29, 1.82) is 5.26 Å². The SMILES string of the molecule is Cc1nc(CNc2nnc(C)c(C)c2C#N)oc1C. The van der Waals surface area contributed by atoms with Gasteiger partial charge in [-0.1, -0.05) is 0 Å².